The zero-order chi connectivity index (χ0) is 27.6. The molecule has 2 heterocycles. The number of rotatable bonds is 3. The molecule has 0 unspecified atom stereocenters. The van der Waals surface area contributed by atoms with Crippen LogP contribution < -0.4 is 14.5 Å². The van der Waals surface area contributed by atoms with Gasteiger partial charge >= 0.3 is 103 Å². The molecular formula is C32H37Cl2N2ORu-. The number of ether oxygens (including phenoxy) is 1. The van der Waals surface area contributed by atoms with Crippen molar-refractivity contribution in [1.82, 2.24) is 0 Å². The van der Waals surface area contributed by atoms with Gasteiger partial charge in [0, 0.05) is 24.5 Å². The third-order valence-corrected chi connectivity index (χ3v) is 8.64. The van der Waals surface area contributed by atoms with Crippen LogP contribution in [0.3, 0.4) is 0 Å². The molecule has 0 saturated carbocycles. The van der Waals surface area contributed by atoms with Crippen LogP contribution >= 0.6 is 19.4 Å². The summed E-state index contributed by atoms with van der Waals surface area (Å²) in [7, 11) is 11.8. The minimum atomic E-state index is -1.79. The van der Waals surface area contributed by atoms with Gasteiger partial charge < -0.3 is 9.80 Å². The summed E-state index contributed by atoms with van der Waals surface area (Å²) in [5, 5.41) is 0. The number of nitrogens with zero attached hydrogens (tertiary/aromatic N) is 2. The zero-order valence-corrected chi connectivity index (χ0v) is 26.6. The molecular weight excluding hydrogens is 600 g/mol. The molecule has 204 valence electrons. The predicted octanol–water partition coefficient (Wildman–Crippen LogP) is 8.46. The first-order chi connectivity index (χ1) is 18.0. The Morgan fingerprint density at radius 3 is 1.68 bits per heavy atom. The average Bonchev–Trinajstić information content (AvgIpc) is 3.26. The summed E-state index contributed by atoms with van der Waals surface area (Å²) in [6, 6.07) is 13.3. The Labute approximate surface area is 241 Å². The van der Waals surface area contributed by atoms with E-state index in [4.69, 9.17) is 24.1 Å². The Kier molecular flexibility index (Phi) is 9.40. The van der Waals surface area contributed by atoms with Crippen molar-refractivity contribution in [2.75, 3.05) is 29.5 Å². The summed E-state index contributed by atoms with van der Waals surface area (Å²) in [5.41, 5.74) is 14.2. The molecule has 2 aliphatic heterocycles. The summed E-state index contributed by atoms with van der Waals surface area (Å²) in [4.78, 5) is 4.81. The number of hydrogen-bond donors (Lipinski definition) is 0. The van der Waals surface area contributed by atoms with Gasteiger partial charge in [0.2, 0.25) is 0 Å². The first kappa shape index (κ1) is 28.9. The molecule has 1 saturated heterocycles. The minimum absolute atomic E-state index is 0.619. The van der Waals surface area contributed by atoms with Crippen LogP contribution in [0.25, 0.3) is 6.08 Å². The Hall–Kier alpha value is -2.13. The molecule has 0 radical (unpaired) electrons. The second-order valence-electron chi connectivity index (χ2n) is 10.3. The summed E-state index contributed by atoms with van der Waals surface area (Å²) in [6.45, 7) is 20.2. The monoisotopic (exact) mass is 637 g/mol. The van der Waals surface area contributed by atoms with E-state index in [-0.39, 0.29) is 0 Å². The van der Waals surface area contributed by atoms with Gasteiger partial charge in [0.05, 0.1) is 0 Å². The quantitative estimate of drug-likeness (QED) is 0.212. The molecule has 2 aliphatic rings. The molecule has 0 aliphatic carbocycles. The fourth-order valence-electron chi connectivity index (χ4n) is 5.68. The van der Waals surface area contributed by atoms with Crippen molar-refractivity contribution in [3.05, 3.63) is 99.2 Å². The molecule has 0 N–H and O–H groups in total. The molecule has 0 atom stereocenters. The first-order valence-electron chi connectivity index (χ1n) is 12.8. The molecule has 3 aromatic carbocycles. The van der Waals surface area contributed by atoms with Gasteiger partial charge in [0.15, 0.2) is 0 Å². The Morgan fingerprint density at radius 1 is 0.737 bits per heavy atom. The van der Waals surface area contributed by atoms with Crippen molar-refractivity contribution in [2.24, 2.45) is 0 Å². The van der Waals surface area contributed by atoms with Crippen LogP contribution in [0.2, 0.25) is 0 Å². The van der Waals surface area contributed by atoms with E-state index in [1.54, 1.807) is 0 Å². The molecule has 3 nitrogen and oxygen atoms in total. The van der Waals surface area contributed by atoms with Crippen LogP contribution in [0.1, 0.15) is 50.1 Å². The molecule has 5 rings (SSSR count). The molecule has 38 heavy (non-hydrogen) atoms. The molecule has 0 bridgehead atoms. The zero-order valence-electron chi connectivity index (χ0n) is 23.3. The van der Waals surface area contributed by atoms with Crippen LogP contribution in [0.5, 0.6) is 5.75 Å². The van der Waals surface area contributed by atoms with Gasteiger partial charge in [-0.3, -0.25) is 0 Å². The number of halogens is 2. The van der Waals surface area contributed by atoms with E-state index < -0.39 is 13.5 Å². The average molecular weight is 638 g/mol. The van der Waals surface area contributed by atoms with E-state index in [1.165, 1.54) is 50.3 Å². The van der Waals surface area contributed by atoms with Crippen LogP contribution in [-0.4, -0.2) is 24.3 Å². The van der Waals surface area contributed by atoms with Crippen LogP contribution in [0.4, 0.5) is 11.4 Å². The second kappa shape index (κ2) is 12.4. The van der Waals surface area contributed by atoms with Crippen molar-refractivity contribution in [3.8, 4) is 5.75 Å². The molecule has 6 heteroatoms. The number of benzene rings is 3. The molecule has 3 aromatic rings. The second-order valence-corrected chi connectivity index (χ2v) is 16.0. The Morgan fingerprint density at radius 2 is 1.21 bits per heavy atom. The van der Waals surface area contributed by atoms with Crippen molar-refractivity contribution < 1.29 is 18.3 Å². The standard InChI is InChI=1S/C21H27N2.C11H10O.2ClH.Ru/c1-14-9-16(3)20(17(4)10-14)22-7-8-23(13-22)21-18(5)11-15(2)12-19(21)6;1-8-6-9(2)11-10(7-8)4-3-5-12-11;;;/h9-13H,7-8H2,1-6H3;2-4,6-7H,5H2,1H3;2*1H;/q-1;;;;+2/p-2. The van der Waals surface area contributed by atoms with E-state index in [9.17, 15) is 0 Å². The Balaban J connectivity index is 0.000000194. The summed E-state index contributed by atoms with van der Waals surface area (Å²) in [5.74, 6) is 0.906. The molecule has 0 spiro atoms. The van der Waals surface area contributed by atoms with Crippen LogP contribution in [-0.2, 0) is 13.5 Å². The predicted molar refractivity (Wildman–Crippen MR) is 163 cm³/mol. The van der Waals surface area contributed by atoms with Crippen LogP contribution in [0.15, 0.2) is 42.5 Å². The van der Waals surface area contributed by atoms with E-state index in [2.05, 4.69) is 107 Å². The fraction of sp³-hybridized carbons (Fsp3) is 0.312. The van der Waals surface area contributed by atoms with Gasteiger partial charge in [-0.05, 0) is 63.8 Å². The van der Waals surface area contributed by atoms with Gasteiger partial charge in [-0.25, -0.2) is 0 Å². The number of hydrogen-bond acceptors (Lipinski definition) is 3. The third kappa shape index (κ3) is 6.71. The van der Waals surface area contributed by atoms with Crippen molar-refractivity contribution in [2.45, 2.75) is 48.5 Å². The Bertz CT molecular complexity index is 1300. The number of anilines is 2. The first-order valence-corrected chi connectivity index (χ1v) is 18.3. The fourth-order valence-corrected chi connectivity index (χ4v) is 7.44. The van der Waals surface area contributed by atoms with Crippen molar-refractivity contribution in [1.29, 1.82) is 0 Å². The topological polar surface area (TPSA) is 15.7 Å². The summed E-state index contributed by atoms with van der Waals surface area (Å²) in [6.07, 6.45) is 4.07. The van der Waals surface area contributed by atoms with E-state index in [1.807, 2.05) is 10.7 Å². The number of fused-ring (bicyclic) bond motifs is 1. The van der Waals surface area contributed by atoms with Crippen LogP contribution in [0, 0.1) is 55.1 Å². The third-order valence-electron chi connectivity index (χ3n) is 6.80. The van der Waals surface area contributed by atoms with Gasteiger partial charge in [0.25, 0.3) is 0 Å². The summed E-state index contributed by atoms with van der Waals surface area (Å²) < 4.78 is 7.53. The maximum absolute atomic E-state index is 5.89. The SMILES string of the molecule is Cc1cc(C)c(N2[CH-]N(c3c(C)cc(C)cc3C)CC2)c(C)c1.Cc1cc2c(c([CH]=[Ru]([Cl])[Cl])c1)OCC=C2. The molecule has 0 aromatic heterocycles. The van der Waals surface area contributed by atoms with E-state index in [0.29, 0.717) is 6.61 Å². The van der Waals surface area contributed by atoms with Gasteiger partial charge in [-0.15, -0.1) is 0 Å². The number of aryl methyl sites for hydroxylation is 7. The van der Waals surface area contributed by atoms with E-state index >= 15 is 0 Å². The van der Waals surface area contributed by atoms with Gasteiger partial charge in [-0.2, -0.15) is 6.67 Å². The molecule has 1 fully saturated rings. The van der Waals surface area contributed by atoms with Crippen molar-refractivity contribution in [3.63, 3.8) is 0 Å². The van der Waals surface area contributed by atoms with Gasteiger partial charge in [-0.1, -0.05) is 35.4 Å². The normalized spacial score (nSPS) is 14.5. The van der Waals surface area contributed by atoms with E-state index in [0.717, 1.165) is 30.0 Å². The summed E-state index contributed by atoms with van der Waals surface area (Å²) >= 11 is -1.79. The van der Waals surface area contributed by atoms with Gasteiger partial charge in [0.1, 0.15) is 0 Å². The maximum atomic E-state index is 5.89. The molecule has 0 amide bonds. The van der Waals surface area contributed by atoms with Crippen molar-refractivity contribution >= 4 is 41.4 Å².